The average Bonchev–Trinajstić information content (AvgIpc) is 2.74. The lowest BCUT2D eigenvalue weighted by Gasteiger charge is -2.11. The van der Waals surface area contributed by atoms with E-state index in [1.807, 2.05) is 12.1 Å². The molecular weight excluding hydrogens is 354 g/mol. The van der Waals surface area contributed by atoms with Crippen LogP contribution < -0.4 is 22.1 Å². The number of fused-ring (bicyclic) bond motifs is 1. The first kappa shape index (κ1) is 17.4. The second-order valence-corrected chi connectivity index (χ2v) is 6.15. The molecule has 0 aliphatic carbocycles. The summed E-state index contributed by atoms with van der Waals surface area (Å²) in [6.07, 6.45) is 0. The zero-order valence-electron chi connectivity index (χ0n) is 14.8. The van der Waals surface area contributed by atoms with Crippen LogP contribution in [0.4, 0.5) is 11.4 Å². The van der Waals surface area contributed by atoms with Crippen LogP contribution in [0.3, 0.4) is 0 Å². The number of nitrogen functional groups attached to an aromatic ring is 1. The van der Waals surface area contributed by atoms with Crippen molar-refractivity contribution in [2.75, 3.05) is 10.7 Å². The van der Waals surface area contributed by atoms with E-state index in [0.717, 1.165) is 0 Å². The van der Waals surface area contributed by atoms with E-state index in [0.29, 0.717) is 39.2 Å². The Morgan fingerprint density at radius 2 is 1.64 bits per heavy atom. The molecule has 138 valence electrons. The van der Waals surface area contributed by atoms with Gasteiger partial charge in [-0.1, -0.05) is 24.3 Å². The van der Waals surface area contributed by atoms with Gasteiger partial charge in [-0.2, -0.15) is 0 Å². The van der Waals surface area contributed by atoms with Gasteiger partial charge in [0, 0.05) is 16.8 Å². The van der Waals surface area contributed by atoms with Crippen LogP contribution in [0.1, 0.15) is 10.4 Å². The van der Waals surface area contributed by atoms with Crippen LogP contribution in [-0.4, -0.2) is 15.9 Å². The number of hydrogen-bond donors (Lipinski definition) is 4. The number of aromatic nitrogens is 2. The first-order valence-corrected chi connectivity index (χ1v) is 8.62. The molecule has 7 heteroatoms. The predicted molar refractivity (Wildman–Crippen MR) is 110 cm³/mol. The summed E-state index contributed by atoms with van der Waals surface area (Å²) in [6.45, 7) is 0. The summed E-state index contributed by atoms with van der Waals surface area (Å²) in [5.41, 5.74) is 5.24. The molecule has 0 aliphatic heterocycles. The van der Waals surface area contributed by atoms with Crippen LogP contribution in [-0.2, 0) is 0 Å². The van der Waals surface area contributed by atoms with E-state index in [4.69, 9.17) is 5.84 Å². The molecule has 7 nitrogen and oxygen atoms in total. The highest BCUT2D eigenvalue weighted by Crippen LogP contribution is 2.26. The summed E-state index contributed by atoms with van der Waals surface area (Å²) in [4.78, 5) is 32.3. The SMILES string of the molecule is NNc1ccc(C(=O)Nc2ccccc2-c2nc3ccccc3c(=O)[nH]2)cc1. The second-order valence-electron chi connectivity index (χ2n) is 6.15. The third-order valence-corrected chi connectivity index (χ3v) is 4.36. The molecule has 5 N–H and O–H groups in total. The predicted octanol–water partition coefficient (Wildman–Crippen LogP) is 3.13. The molecular formula is C21H17N5O2. The number of amides is 1. The van der Waals surface area contributed by atoms with Gasteiger partial charge in [0.05, 0.1) is 16.6 Å². The second kappa shape index (κ2) is 7.34. The lowest BCUT2D eigenvalue weighted by molar-refractivity contribution is 0.102. The molecule has 3 aromatic carbocycles. The number of nitrogens with one attached hydrogen (secondary N) is 3. The molecule has 1 amide bonds. The van der Waals surface area contributed by atoms with Crippen molar-refractivity contribution < 1.29 is 4.79 Å². The Kier molecular flexibility index (Phi) is 4.57. The first-order valence-electron chi connectivity index (χ1n) is 8.62. The van der Waals surface area contributed by atoms with Gasteiger partial charge in [-0.25, -0.2) is 4.98 Å². The summed E-state index contributed by atoms with van der Waals surface area (Å²) in [5, 5.41) is 3.39. The van der Waals surface area contributed by atoms with Gasteiger partial charge in [-0.3, -0.25) is 15.4 Å². The normalized spacial score (nSPS) is 10.6. The molecule has 0 spiro atoms. The molecule has 4 rings (SSSR count). The minimum absolute atomic E-state index is 0.230. The summed E-state index contributed by atoms with van der Waals surface area (Å²) >= 11 is 0. The van der Waals surface area contributed by atoms with Crippen LogP contribution in [0.5, 0.6) is 0 Å². The van der Waals surface area contributed by atoms with E-state index in [9.17, 15) is 9.59 Å². The molecule has 0 unspecified atom stereocenters. The molecule has 0 radical (unpaired) electrons. The average molecular weight is 371 g/mol. The van der Waals surface area contributed by atoms with Crippen LogP contribution in [0.2, 0.25) is 0 Å². The molecule has 0 fully saturated rings. The molecule has 0 saturated heterocycles. The lowest BCUT2D eigenvalue weighted by atomic mass is 10.1. The van der Waals surface area contributed by atoms with Crippen molar-refractivity contribution in [1.82, 2.24) is 9.97 Å². The zero-order valence-corrected chi connectivity index (χ0v) is 14.8. The summed E-state index contributed by atoms with van der Waals surface area (Å²) in [5.74, 6) is 5.46. The Morgan fingerprint density at radius 3 is 2.43 bits per heavy atom. The Morgan fingerprint density at radius 1 is 0.929 bits per heavy atom. The Balaban J connectivity index is 1.71. The maximum Gasteiger partial charge on any atom is 0.259 e. The largest absolute Gasteiger partial charge is 0.324 e. The number of benzene rings is 3. The van der Waals surface area contributed by atoms with Gasteiger partial charge in [0.15, 0.2) is 0 Å². The van der Waals surface area contributed by atoms with Crippen LogP contribution >= 0.6 is 0 Å². The monoisotopic (exact) mass is 371 g/mol. The number of carbonyl (C=O) groups is 1. The number of carbonyl (C=O) groups excluding carboxylic acids is 1. The minimum Gasteiger partial charge on any atom is -0.324 e. The van der Waals surface area contributed by atoms with Crippen LogP contribution in [0, 0.1) is 0 Å². The van der Waals surface area contributed by atoms with Crippen LogP contribution in [0.15, 0.2) is 77.6 Å². The van der Waals surface area contributed by atoms with Crippen LogP contribution in [0.25, 0.3) is 22.3 Å². The standard InChI is InChI=1S/C21H17N5O2/c22-26-14-11-9-13(10-12-14)20(27)24-17-7-3-1-5-15(17)19-23-18-8-4-2-6-16(18)21(28)25-19/h1-12,26H,22H2,(H,24,27)(H,23,25,28). The highest BCUT2D eigenvalue weighted by atomic mass is 16.1. The van der Waals surface area contributed by atoms with Gasteiger partial charge < -0.3 is 15.7 Å². The number of anilines is 2. The topological polar surface area (TPSA) is 113 Å². The van der Waals surface area contributed by atoms with Gasteiger partial charge in [0.2, 0.25) is 0 Å². The number of hydrogen-bond acceptors (Lipinski definition) is 5. The Bertz CT molecular complexity index is 1220. The van der Waals surface area contributed by atoms with Gasteiger partial charge in [-0.15, -0.1) is 0 Å². The molecule has 0 saturated carbocycles. The molecule has 1 aromatic heterocycles. The van der Waals surface area contributed by atoms with Gasteiger partial charge in [0.1, 0.15) is 5.82 Å². The van der Waals surface area contributed by atoms with Crippen molar-refractivity contribution in [3.63, 3.8) is 0 Å². The fourth-order valence-corrected chi connectivity index (χ4v) is 2.92. The zero-order chi connectivity index (χ0) is 19.5. The Labute approximate surface area is 160 Å². The molecule has 0 atom stereocenters. The van der Waals surface area contributed by atoms with Gasteiger partial charge in [0.25, 0.3) is 11.5 Å². The Hall–Kier alpha value is -3.97. The molecule has 4 aromatic rings. The molecule has 28 heavy (non-hydrogen) atoms. The van der Waals surface area contributed by atoms with E-state index >= 15 is 0 Å². The third kappa shape index (κ3) is 3.34. The quantitative estimate of drug-likeness (QED) is 0.325. The number of rotatable bonds is 4. The molecule has 0 aliphatic rings. The maximum atomic E-state index is 12.6. The van der Waals surface area contributed by atoms with Crippen molar-refractivity contribution >= 4 is 28.2 Å². The highest BCUT2D eigenvalue weighted by molar-refractivity contribution is 6.06. The van der Waals surface area contributed by atoms with E-state index < -0.39 is 0 Å². The van der Waals surface area contributed by atoms with Crippen molar-refractivity contribution in [1.29, 1.82) is 0 Å². The summed E-state index contributed by atoms with van der Waals surface area (Å²) < 4.78 is 0. The highest BCUT2D eigenvalue weighted by Gasteiger charge is 2.13. The first-order chi connectivity index (χ1) is 13.7. The number of nitrogens with zero attached hydrogens (tertiary/aromatic N) is 1. The smallest absolute Gasteiger partial charge is 0.259 e. The minimum atomic E-state index is -0.279. The van der Waals surface area contributed by atoms with Gasteiger partial charge in [-0.05, 0) is 48.5 Å². The van der Waals surface area contributed by atoms with E-state index in [1.165, 1.54) is 0 Å². The number of nitrogens with two attached hydrogens (primary N) is 1. The number of para-hydroxylation sites is 2. The summed E-state index contributed by atoms with van der Waals surface area (Å²) in [7, 11) is 0. The maximum absolute atomic E-state index is 12.6. The van der Waals surface area contributed by atoms with Gasteiger partial charge >= 0.3 is 0 Å². The van der Waals surface area contributed by atoms with Crippen molar-refractivity contribution in [2.24, 2.45) is 5.84 Å². The molecule has 0 bridgehead atoms. The lowest BCUT2D eigenvalue weighted by Crippen LogP contribution is -2.14. The molecule has 1 heterocycles. The van der Waals surface area contributed by atoms with Crippen molar-refractivity contribution in [2.45, 2.75) is 0 Å². The number of H-pyrrole nitrogens is 1. The van der Waals surface area contributed by atoms with Crippen molar-refractivity contribution in [3.05, 3.63) is 88.7 Å². The van der Waals surface area contributed by atoms with Crippen molar-refractivity contribution in [3.8, 4) is 11.4 Å². The van der Waals surface area contributed by atoms with E-state index in [1.54, 1.807) is 60.7 Å². The fourth-order valence-electron chi connectivity index (χ4n) is 2.92. The summed E-state index contributed by atoms with van der Waals surface area (Å²) in [6, 6.07) is 21.1. The fraction of sp³-hybridized carbons (Fsp3) is 0. The number of hydrazine groups is 1. The third-order valence-electron chi connectivity index (χ3n) is 4.36. The van der Waals surface area contributed by atoms with E-state index in [2.05, 4.69) is 20.7 Å². The number of aromatic amines is 1. The van der Waals surface area contributed by atoms with E-state index in [-0.39, 0.29) is 11.5 Å².